The van der Waals surface area contributed by atoms with Crippen LogP contribution in [0.25, 0.3) is 0 Å². The minimum atomic E-state index is -4.28. The number of alkyl halides is 4. The molecule has 8 heteroatoms. The lowest BCUT2D eigenvalue weighted by molar-refractivity contribution is -0.146. The standard InChI is InChI=1S/C16H18F4N2O2/c1-22-12(23)8-7-11(13(22)10-5-3-2-4-6-10)14(24)21-9-16(19,20)15(17)18/h2-6,11,13,15H,7-9H2,1H3,(H,21,24)/t11-,13-/m0/s1. The summed E-state index contributed by atoms with van der Waals surface area (Å²) in [6.45, 7) is -1.43. The Morgan fingerprint density at radius 1 is 1.33 bits per heavy atom. The molecule has 1 aliphatic heterocycles. The third kappa shape index (κ3) is 3.85. The number of piperidine rings is 1. The number of carbonyl (C=O) groups is 2. The highest BCUT2D eigenvalue weighted by Gasteiger charge is 2.43. The number of benzene rings is 1. The Morgan fingerprint density at radius 3 is 2.54 bits per heavy atom. The first-order chi connectivity index (χ1) is 11.2. The quantitative estimate of drug-likeness (QED) is 0.834. The van der Waals surface area contributed by atoms with Gasteiger partial charge in [-0.05, 0) is 12.0 Å². The second-order valence-electron chi connectivity index (χ2n) is 5.78. The van der Waals surface area contributed by atoms with Gasteiger partial charge in [0.1, 0.15) is 0 Å². The largest absolute Gasteiger partial charge is 0.349 e. The van der Waals surface area contributed by atoms with Gasteiger partial charge in [0.15, 0.2) is 0 Å². The molecule has 2 atom stereocenters. The zero-order valence-electron chi connectivity index (χ0n) is 13.0. The Labute approximate surface area is 136 Å². The number of nitrogens with zero attached hydrogens (tertiary/aromatic N) is 1. The van der Waals surface area contributed by atoms with Crippen molar-refractivity contribution >= 4 is 11.8 Å². The molecule has 24 heavy (non-hydrogen) atoms. The normalized spacial score (nSPS) is 21.9. The zero-order chi connectivity index (χ0) is 17.9. The van der Waals surface area contributed by atoms with Gasteiger partial charge < -0.3 is 10.2 Å². The number of likely N-dealkylation sites (tertiary alicyclic amines) is 1. The van der Waals surface area contributed by atoms with E-state index in [-0.39, 0.29) is 18.7 Å². The van der Waals surface area contributed by atoms with E-state index in [2.05, 4.69) is 0 Å². The minimum Gasteiger partial charge on any atom is -0.349 e. The third-order valence-corrected chi connectivity index (χ3v) is 4.16. The molecule has 2 rings (SSSR count). The van der Waals surface area contributed by atoms with Crippen LogP contribution < -0.4 is 5.32 Å². The molecular weight excluding hydrogens is 328 g/mol. The summed E-state index contributed by atoms with van der Waals surface area (Å²) in [5, 5.41) is 1.90. The average Bonchev–Trinajstić information content (AvgIpc) is 2.55. The highest BCUT2D eigenvalue weighted by atomic mass is 19.3. The van der Waals surface area contributed by atoms with E-state index in [4.69, 9.17) is 0 Å². The Morgan fingerprint density at radius 2 is 1.96 bits per heavy atom. The van der Waals surface area contributed by atoms with Crippen LogP contribution in [0.2, 0.25) is 0 Å². The maximum absolute atomic E-state index is 13.0. The smallest absolute Gasteiger partial charge is 0.324 e. The minimum absolute atomic E-state index is 0.100. The highest BCUT2D eigenvalue weighted by Crippen LogP contribution is 2.36. The third-order valence-electron chi connectivity index (χ3n) is 4.16. The van der Waals surface area contributed by atoms with E-state index in [1.165, 1.54) is 11.9 Å². The van der Waals surface area contributed by atoms with Crippen LogP contribution >= 0.6 is 0 Å². The van der Waals surface area contributed by atoms with Gasteiger partial charge in [-0.25, -0.2) is 8.78 Å². The summed E-state index contributed by atoms with van der Waals surface area (Å²) in [5.74, 6) is -5.98. The van der Waals surface area contributed by atoms with Gasteiger partial charge in [-0.2, -0.15) is 8.78 Å². The maximum Gasteiger partial charge on any atom is 0.324 e. The number of carbonyl (C=O) groups excluding carboxylic acids is 2. The summed E-state index contributed by atoms with van der Waals surface area (Å²) in [4.78, 5) is 25.6. The van der Waals surface area contributed by atoms with Crippen molar-refractivity contribution in [3.05, 3.63) is 35.9 Å². The summed E-state index contributed by atoms with van der Waals surface area (Å²) in [5.41, 5.74) is 0.689. The van der Waals surface area contributed by atoms with Gasteiger partial charge in [-0.15, -0.1) is 0 Å². The molecule has 1 heterocycles. The summed E-state index contributed by atoms with van der Waals surface area (Å²) in [7, 11) is 1.53. The molecule has 1 N–H and O–H groups in total. The molecule has 0 aliphatic carbocycles. The van der Waals surface area contributed by atoms with Crippen LogP contribution in [0.3, 0.4) is 0 Å². The molecule has 1 saturated heterocycles. The van der Waals surface area contributed by atoms with E-state index < -0.39 is 36.8 Å². The van der Waals surface area contributed by atoms with Gasteiger partial charge in [-0.1, -0.05) is 30.3 Å². The van der Waals surface area contributed by atoms with Crippen molar-refractivity contribution in [2.24, 2.45) is 5.92 Å². The van der Waals surface area contributed by atoms with Crippen molar-refractivity contribution in [2.45, 2.75) is 31.2 Å². The van der Waals surface area contributed by atoms with Crippen molar-refractivity contribution in [2.75, 3.05) is 13.6 Å². The lowest BCUT2D eigenvalue weighted by Gasteiger charge is -2.38. The van der Waals surface area contributed by atoms with Crippen LogP contribution in [-0.2, 0) is 9.59 Å². The SMILES string of the molecule is CN1C(=O)CC[C@H](C(=O)NCC(F)(F)C(F)F)[C@@H]1c1ccccc1. The molecule has 0 saturated carbocycles. The molecule has 1 fully saturated rings. The second-order valence-corrected chi connectivity index (χ2v) is 5.78. The predicted molar refractivity (Wildman–Crippen MR) is 78.6 cm³/mol. The molecule has 0 radical (unpaired) electrons. The van der Waals surface area contributed by atoms with Gasteiger partial charge in [0.25, 0.3) is 0 Å². The summed E-state index contributed by atoms with van der Waals surface area (Å²) in [6.07, 6.45) is -3.57. The molecule has 0 bridgehead atoms. The van der Waals surface area contributed by atoms with E-state index in [9.17, 15) is 27.2 Å². The van der Waals surface area contributed by atoms with Crippen molar-refractivity contribution in [1.82, 2.24) is 10.2 Å². The number of hydrogen-bond donors (Lipinski definition) is 1. The van der Waals surface area contributed by atoms with Crippen molar-refractivity contribution in [1.29, 1.82) is 0 Å². The van der Waals surface area contributed by atoms with E-state index in [0.29, 0.717) is 5.56 Å². The van der Waals surface area contributed by atoms with Crippen LogP contribution in [0.1, 0.15) is 24.4 Å². The van der Waals surface area contributed by atoms with Crippen LogP contribution in [0.15, 0.2) is 30.3 Å². The molecule has 0 unspecified atom stereocenters. The Hall–Kier alpha value is -2.12. The van der Waals surface area contributed by atoms with Crippen molar-refractivity contribution < 1.29 is 27.2 Å². The molecule has 1 aliphatic rings. The molecule has 0 aromatic heterocycles. The molecule has 132 valence electrons. The maximum atomic E-state index is 13.0. The Bertz CT molecular complexity index is 595. The Kier molecular flexibility index (Phi) is 5.46. The van der Waals surface area contributed by atoms with Gasteiger partial charge in [0, 0.05) is 13.5 Å². The molecule has 1 aromatic carbocycles. The first kappa shape index (κ1) is 18.2. The molecular formula is C16H18F4N2O2. The van der Waals surface area contributed by atoms with Crippen LogP contribution in [0.4, 0.5) is 17.6 Å². The first-order valence-corrected chi connectivity index (χ1v) is 7.48. The lowest BCUT2D eigenvalue weighted by atomic mass is 9.84. The van der Waals surface area contributed by atoms with Gasteiger partial charge in [-0.3, -0.25) is 9.59 Å². The van der Waals surface area contributed by atoms with Crippen LogP contribution in [0, 0.1) is 5.92 Å². The van der Waals surface area contributed by atoms with Crippen LogP contribution in [-0.4, -0.2) is 42.7 Å². The molecule has 2 amide bonds. The topological polar surface area (TPSA) is 49.4 Å². The fourth-order valence-electron chi connectivity index (χ4n) is 2.83. The zero-order valence-corrected chi connectivity index (χ0v) is 13.0. The predicted octanol–water partition coefficient (Wildman–Crippen LogP) is 2.61. The number of halogens is 4. The highest BCUT2D eigenvalue weighted by molar-refractivity contribution is 5.84. The summed E-state index contributed by atoms with van der Waals surface area (Å²) in [6, 6.07) is 8.09. The number of hydrogen-bond acceptors (Lipinski definition) is 2. The lowest BCUT2D eigenvalue weighted by Crippen LogP contribution is -2.49. The second kappa shape index (κ2) is 7.19. The number of rotatable bonds is 5. The average molecular weight is 346 g/mol. The van der Waals surface area contributed by atoms with Gasteiger partial charge in [0.05, 0.1) is 18.5 Å². The van der Waals surface area contributed by atoms with Gasteiger partial charge in [0.2, 0.25) is 11.8 Å². The van der Waals surface area contributed by atoms with Crippen molar-refractivity contribution in [3.63, 3.8) is 0 Å². The van der Waals surface area contributed by atoms with E-state index in [1.807, 2.05) is 5.32 Å². The van der Waals surface area contributed by atoms with E-state index >= 15 is 0 Å². The fourth-order valence-corrected chi connectivity index (χ4v) is 2.83. The van der Waals surface area contributed by atoms with Crippen molar-refractivity contribution in [3.8, 4) is 0 Å². The number of nitrogens with one attached hydrogen (secondary N) is 1. The first-order valence-electron chi connectivity index (χ1n) is 7.48. The molecule has 0 spiro atoms. The van der Waals surface area contributed by atoms with E-state index in [1.54, 1.807) is 30.3 Å². The fraction of sp³-hybridized carbons (Fsp3) is 0.500. The number of amides is 2. The molecule has 4 nitrogen and oxygen atoms in total. The monoisotopic (exact) mass is 346 g/mol. The molecule has 1 aromatic rings. The summed E-state index contributed by atoms with van der Waals surface area (Å²) < 4.78 is 50.4. The van der Waals surface area contributed by atoms with Crippen LogP contribution in [0.5, 0.6) is 0 Å². The van der Waals surface area contributed by atoms with E-state index in [0.717, 1.165) is 0 Å². The van der Waals surface area contributed by atoms with Gasteiger partial charge >= 0.3 is 12.3 Å². The summed E-state index contributed by atoms with van der Waals surface area (Å²) >= 11 is 0. The Balaban J connectivity index is 2.17.